The predicted octanol–water partition coefficient (Wildman–Crippen LogP) is 3.96. The topological polar surface area (TPSA) is 72.7 Å². The minimum absolute atomic E-state index is 0.257. The first-order valence-corrected chi connectivity index (χ1v) is 8.13. The van der Waals surface area contributed by atoms with E-state index in [2.05, 4.69) is 36.3 Å². The monoisotopic (exact) mass is 409 g/mol. The van der Waals surface area contributed by atoms with Crippen molar-refractivity contribution in [3.8, 4) is 5.82 Å². The van der Waals surface area contributed by atoms with E-state index in [9.17, 15) is 13.6 Å². The molecule has 0 unspecified atom stereocenters. The number of hydrogen-bond acceptors (Lipinski definition) is 4. The van der Waals surface area contributed by atoms with Crippen LogP contribution in [0.5, 0.6) is 0 Å². The van der Waals surface area contributed by atoms with Crippen LogP contribution in [-0.4, -0.2) is 25.7 Å². The van der Waals surface area contributed by atoms with Crippen molar-refractivity contribution in [2.45, 2.75) is 26.7 Å². The number of aromatic nitrogens is 4. The first kappa shape index (κ1) is 17.4. The number of halogens is 3. The minimum Gasteiger partial charge on any atom is -0.311 e. The van der Waals surface area contributed by atoms with Crippen LogP contribution in [-0.2, 0) is 10.7 Å². The molecule has 0 saturated carbocycles. The SMILES string of the molecule is CC(=O)Nc1cc2c(cn1)c(Br)nn2-c1cc(C)cc(C(C)(F)F)n1. The number of pyridine rings is 2. The highest BCUT2D eigenvalue weighted by molar-refractivity contribution is 9.10. The lowest BCUT2D eigenvalue weighted by Crippen LogP contribution is -2.13. The number of nitrogens with one attached hydrogen (secondary N) is 1. The molecule has 0 aliphatic rings. The van der Waals surface area contributed by atoms with E-state index in [0.717, 1.165) is 6.92 Å². The standard InChI is InChI=1S/C16H14BrF2N5O/c1-8-4-12(16(3,18)19)22-14(5-8)24-11-6-13(21-9(2)25)20-7-10(11)15(17)23-24/h4-7H,1-3H3,(H,20,21,25). The fourth-order valence-electron chi connectivity index (χ4n) is 2.38. The smallest absolute Gasteiger partial charge is 0.287 e. The molecule has 0 spiro atoms. The van der Waals surface area contributed by atoms with Crippen molar-refractivity contribution in [3.63, 3.8) is 0 Å². The van der Waals surface area contributed by atoms with Crippen molar-refractivity contribution in [1.82, 2.24) is 19.7 Å². The molecule has 0 atom stereocenters. The van der Waals surface area contributed by atoms with Gasteiger partial charge < -0.3 is 5.32 Å². The zero-order valence-corrected chi connectivity index (χ0v) is 15.2. The van der Waals surface area contributed by atoms with Gasteiger partial charge in [-0.1, -0.05) is 0 Å². The second-order valence-corrected chi connectivity index (χ2v) is 6.50. The molecule has 9 heteroatoms. The minimum atomic E-state index is -3.07. The summed E-state index contributed by atoms with van der Waals surface area (Å²) in [7, 11) is 0. The van der Waals surface area contributed by atoms with E-state index in [1.807, 2.05) is 0 Å². The van der Waals surface area contributed by atoms with E-state index < -0.39 is 5.92 Å². The van der Waals surface area contributed by atoms with E-state index in [4.69, 9.17) is 0 Å². The molecule has 3 aromatic heterocycles. The third-order valence-electron chi connectivity index (χ3n) is 3.45. The van der Waals surface area contributed by atoms with Gasteiger partial charge in [-0.15, -0.1) is 0 Å². The van der Waals surface area contributed by atoms with Gasteiger partial charge in [-0.05, 0) is 40.5 Å². The number of hydrogen-bond donors (Lipinski definition) is 1. The molecule has 3 heterocycles. The molecular formula is C16H14BrF2N5O. The van der Waals surface area contributed by atoms with Gasteiger partial charge in [0, 0.05) is 26.1 Å². The predicted molar refractivity (Wildman–Crippen MR) is 93.0 cm³/mol. The Morgan fingerprint density at radius 1 is 1.32 bits per heavy atom. The largest absolute Gasteiger partial charge is 0.311 e. The van der Waals surface area contributed by atoms with Crippen molar-refractivity contribution in [3.05, 3.63) is 40.3 Å². The number of rotatable bonds is 3. The normalized spacial score (nSPS) is 11.8. The number of amides is 1. The van der Waals surface area contributed by atoms with Gasteiger partial charge in [-0.25, -0.2) is 14.6 Å². The molecule has 3 aromatic rings. The molecular weight excluding hydrogens is 396 g/mol. The first-order chi connectivity index (χ1) is 11.6. The molecule has 6 nitrogen and oxygen atoms in total. The number of nitrogens with zero attached hydrogens (tertiary/aromatic N) is 4. The summed E-state index contributed by atoms with van der Waals surface area (Å²) in [5, 5.41) is 7.57. The number of alkyl halides is 2. The summed E-state index contributed by atoms with van der Waals surface area (Å²) in [5.41, 5.74) is 0.880. The molecule has 0 saturated heterocycles. The third-order valence-corrected chi connectivity index (χ3v) is 4.03. The van der Waals surface area contributed by atoms with Crippen LogP contribution in [0.2, 0.25) is 0 Å². The summed E-state index contributed by atoms with van der Waals surface area (Å²) in [6.45, 7) is 3.89. The van der Waals surface area contributed by atoms with Crippen molar-refractivity contribution < 1.29 is 13.6 Å². The Hall–Kier alpha value is -2.42. The highest BCUT2D eigenvalue weighted by Gasteiger charge is 2.27. The van der Waals surface area contributed by atoms with Gasteiger partial charge in [0.2, 0.25) is 5.91 Å². The van der Waals surface area contributed by atoms with Gasteiger partial charge in [-0.2, -0.15) is 13.9 Å². The zero-order chi connectivity index (χ0) is 18.4. The lowest BCUT2D eigenvalue weighted by molar-refractivity contribution is -0.114. The number of anilines is 1. The molecule has 1 N–H and O–H groups in total. The Kier molecular flexibility index (Phi) is 4.28. The quantitative estimate of drug-likeness (QED) is 0.710. The molecule has 130 valence electrons. The van der Waals surface area contributed by atoms with Crippen LogP contribution in [0.25, 0.3) is 16.7 Å². The third kappa shape index (κ3) is 3.51. The van der Waals surface area contributed by atoms with Gasteiger partial charge in [0.25, 0.3) is 5.92 Å². The average Bonchev–Trinajstić information content (AvgIpc) is 2.82. The van der Waals surface area contributed by atoms with Crippen molar-refractivity contribution in [1.29, 1.82) is 0 Å². The van der Waals surface area contributed by atoms with Gasteiger partial charge in [0.1, 0.15) is 16.1 Å². The number of fused-ring (bicyclic) bond motifs is 1. The summed E-state index contributed by atoms with van der Waals surface area (Å²) in [5.74, 6) is -2.74. The van der Waals surface area contributed by atoms with Crippen LogP contribution in [0.1, 0.15) is 25.1 Å². The second kappa shape index (κ2) is 6.14. The van der Waals surface area contributed by atoms with Crippen LogP contribution < -0.4 is 5.32 Å². The van der Waals surface area contributed by atoms with Gasteiger partial charge in [-0.3, -0.25) is 4.79 Å². The molecule has 25 heavy (non-hydrogen) atoms. The summed E-state index contributed by atoms with van der Waals surface area (Å²) in [6.07, 6.45) is 1.54. The molecule has 0 aliphatic carbocycles. The Bertz CT molecular complexity index is 981. The van der Waals surface area contributed by atoms with Crippen molar-refractivity contribution in [2.24, 2.45) is 0 Å². The molecule has 0 bridgehead atoms. The van der Waals surface area contributed by atoms with E-state index >= 15 is 0 Å². The summed E-state index contributed by atoms with van der Waals surface area (Å²) >= 11 is 3.33. The zero-order valence-electron chi connectivity index (χ0n) is 13.6. The maximum atomic E-state index is 13.7. The molecule has 0 aliphatic heterocycles. The van der Waals surface area contributed by atoms with Gasteiger partial charge in [0.05, 0.1) is 10.9 Å². The average molecular weight is 410 g/mol. The first-order valence-electron chi connectivity index (χ1n) is 7.34. The maximum absolute atomic E-state index is 13.7. The van der Waals surface area contributed by atoms with E-state index in [0.29, 0.717) is 26.9 Å². The molecule has 3 rings (SSSR count). The van der Waals surface area contributed by atoms with Crippen molar-refractivity contribution in [2.75, 3.05) is 5.32 Å². The van der Waals surface area contributed by atoms with Crippen LogP contribution in [0.15, 0.2) is 29.0 Å². The summed E-state index contributed by atoms with van der Waals surface area (Å²) in [4.78, 5) is 19.4. The van der Waals surface area contributed by atoms with Crippen LogP contribution in [0, 0.1) is 6.92 Å². The molecule has 0 radical (unpaired) electrons. The fourth-order valence-corrected chi connectivity index (χ4v) is 2.84. The van der Waals surface area contributed by atoms with E-state index in [-0.39, 0.29) is 17.4 Å². The molecule has 1 amide bonds. The Morgan fingerprint density at radius 2 is 2.04 bits per heavy atom. The number of aryl methyl sites for hydroxylation is 1. The van der Waals surface area contributed by atoms with Gasteiger partial charge >= 0.3 is 0 Å². The van der Waals surface area contributed by atoms with Crippen LogP contribution in [0.4, 0.5) is 14.6 Å². The van der Waals surface area contributed by atoms with Crippen LogP contribution in [0.3, 0.4) is 0 Å². The van der Waals surface area contributed by atoms with E-state index in [1.165, 1.54) is 17.7 Å². The molecule has 0 fully saturated rings. The lowest BCUT2D eigenvalue weighted by Gasteiger charge is -2.13. The second-order valence-electron chi connectivity index (χ2n) is 5.75. The fraction of sp³-hybridized carbons (Fsp3) is 0.250. The number of carbonyl (C=O) groups excluding carboxylic acids is 1. The van der Waals surface area contributed by atoms with Gasteiger partial charge in [0.15, 0.2) is 5.82 Å². The molecule has 0 aromatic carbocycles. The summed E-state index contributed by atoms with van der Waals surface area (Å²) in [6, 6.07) is 4.61. The Morgan fingerprint density at radius 3 is 2.68 bits per heavy atom. The number of carbonyl (C=O) groups is 1. The Labute approximate surface area is 150 Å². The lowest BCUT2D eigenvalue weighted by atomic mass is 10.2. The maximum Gasteiger partial charge on any atom is 0.287 e. The van der Waals surface area contributed by atoms with Crippen molar-refractivity contribution >= 4 is 38.6 Å². The highest BCUT2D eigenvalue weighted by Crippen LogP contribution is 2.30. The summed E-state index contributed by atoms with van der Waals surface area (Å²) < 4.78 is 29.3. The highest BCUT2D eigenvalue weighted by atomic mass is 79.9. The van der Waals surface area contributed by atoms with Crippen LogP contribution >= 0.6 is 15.9 Å². The Balaban J connectivity index is 2.21. The van der Waals surface area contributed by atoms with E-state index in [1.54, 1.807) is 25.3 Å².